The Bertz CT molecular complexity index is 1080. The molecule has 0 N–H and O–H groups in total. The van der Waals surface area contributed by atoms with Gasteiger partial charge in [-0.25, -0.2) is 4.98 Å². The highest BCUT2D eigenvalue weighted by Crippen LogP contribution is 2.30. The molecule has 0 aliphatic carbocycles. The first-order valence-electron chi connectivity index (χ1n) is 9.00. The second kappa shape index (κ2) is 9.06. The van der Waals surface area contributed by atoms with Crippen molar-refractivity contribution in [2.45, 2.75) is 17.8 Å². The maximum atomic E-state index is 5.50. The molecule has 148 valence electrons. The molecule has 0 bridgehead atoms. The zero-order valence-electron chi connectivity index (χ0n) is 16.0. The van der Waals surface area contributed by atoms with Crippen molar-refractivity contribution >= 4 is 23.1 Å². The van der Waals surface area contributed by atoms with Crippen molar-refractivity contribution in [3.8, 4) is 27.8 Å². The van der Waals surface area contributed by atoms with Gasteiger partial charge in [0.2, 0.25) is 5.16 Å². The summed E-state index contributed by atoms with van der Waals surface area (Å²) in [5, 5.41) is 15.8. The third kappa shape index (κ3) is 4.41. The summed E-state index contributed by atoms with van der Waals surface area (Å²) in [6.07, 6.45) is 0. The van der Waals surface area contributed by atoms with Gasteiger partial charge in [-0.15, -0.1) is 16.4 Å². The van der Waals surface area contributed by atoms with Gasteiger partial charge in [0.1, 0.15) is 22.2 Å². The first kappa shape index (κ1) is 19.4. The van der Waals surface area contributed by atoms with Crippen molar-refractivity contribution in [1.29, 1.82) is 0 Å². The molecule has 2 aromatic carbocycles. The number of methoxy groups -OCH3 is 1. The van der Waals surface area contributed by atoms with Gasteiger partial charge in [-0.3, -0.25) is 0 Å². The number of thioether (sulfide) groups is 1. The Kier molecular flexibility index (Phi) is 6.06. The summed E-state index contributed by atoms with van der Waals surface area (Å²) in [4.78, 5) is 4.75. The first-order chi connectivity index (χ1) is 14.3. The van der Waals surface area contributed by atoms with Crippen LogP contribution in [0.25, 0.3) is 16.3 Å². The van der Waals surface area contributed by atoms with E-state index in [1.165, 1.54) is 11.8 Å². The fourth-order valence-corrected chi connectivity index (χ4v) is 4.44. The molecule has 0 atom stereocenters. The number of hydrogen-bond acceptors (Lipinski definition) is 8. The van der Waals surface area contributed by atoms with E-state index in [2.05, 4.69) is 20.9 Å². The Labute approximate surface area is 176 Å². The van der Waals surface area contributed by atoms with Crippen molar-refractivity contribution in [3.05, 3.63) is 59.6 Å². The summed E-state index contributed by atoms with van der Waals surface area (Å²) in [7, 11) is 1.63. The van der Waals surface area contributed by atoms with Crippen molar-refractivity contribution in [2.75, 3.05) is 13.7 Å². The average molecular weight is 426 g/mol. The Balaban J connectivity index is 1.47. The Morgan fingerprint density at radius 3 is 2.72 bits per heavy atom. The van der Waals surface area contributed by atoms with E-state index in [0.717, 1.165) is 27.7 Å². The lowest BCUT2D eigenvalue weighted by Gasteiger charge is -2.08. The highest BCUT2D eigenvalue weighted by Gasteiger charge is 2.14. The van der Waals surface area contributed by atoms with Crippen LogP contribution in [-0.2, 0) is 5.75 Å². The highest BCUT2D eigenvalue weighted by atomic mass is 32.2. The zero-order chi connectivity index (χ0) is 20.1. The summed E-state index contributed by atoms with van der Waals surface area (Å²) in [5.74, 6) is 2.25. The Hall–Kier alpha value is -2.91. The molecular weight excluding hydrogens is 406 g/mol. The number of nitrogens with zero attached hydrogens (tertiary/aromatic N) is 5. The summed E-state index contributed by atoms with van der Waals surface area (Å²) in [5.41, 5.74) is 2.86. The smallest absolute Gasteiger partial charge is 0.214 e. The van der Waals surface area contributed by atoms with Crippen LogP contribution in [0.5, 0.6) is 11.5 Å². The molecule has 7 nitrogen and oxygen atoms in total. The highest BCUT2D eigenvalue weighted by molar-refractivity contribution is 7.98. The molecule has 2 heterocycles. The maximum absolute atomic E-state index is 5.50. The maximum Gasteiger partial charge on any atom is 0.214 e. The van der Waals surface area contributed by atoms with E-state index in [9.17, 15) is 0 Å². The summed E-state index contributed by atoms with van der Waals surface area (Å²) in [6, 6.07) is 15.6. The number of benzene rings is 2. The molecule has 29 heavy (non-hydrogen) atoms. The molecule has 0 unspecified atom stereocenters. The molecule has 0 saturated carbocycles. The summed E-state index contributed by atoms with van der Waals surface area (Å²) < 4.78 is 12.6. The van der Waals surface area contributed by atoms with Crippen LogP contribution in [0.4, 0.5) is 0 Å². The van der Waals surface area contributed by atoms with Crippen LogP contribution in [0.3, 0.4) is 0 Å². The second-order valence-electron chi connectivity index (χ2n) is 5.94. The molecule has 0 radical (unpaired) electrons. The van der Waals surface area contributed by atoms with Crippen LogP contribution < -0.4 is 9.47 Å². The minimum Gasteiger partial charge on any atom is -0.494 e. The van der Waals surface area contributed by atoms with Crippen molar-refractivity contribution in [2.24, 2.45) is 0 Å². The molecule has 0 saturated heterocycles. The van der Waals surface area contributed by atoms with E-state index in [1.807, 2.05) is 55.5 Å². The molecule has 0 fully saturated rings. The van der Waals surface area contributed by atoms with E-state index in [1.54, 1.807) is 23.1 Å². The van der Waals surface area contributed by atoms with Gasteiger partial charge in [-0.05, 0) is 53.7 Å². The summed E-state index contributed by atoms with van der Waals surface area (Å²) >= 11 is 3.16. The van der Waals surface area contributed by atoms with Gasteiger partial charge in [0.05, 0.1) is 19.4 Å². The van der Waals surface area contributed by atoms with Gasteiger partial charge in [-0.2, -0.15) is 4.68 Å². The van der Waals surface area contributed by atoms with Gasteiger partial charge in [0, 0.05) is 16.7 Å². The minimum atomic E-state index is 0.659. The SMILES string of the molecule is CCOc1ccc(-c2nc(CSc3nnnn3-c3ccccc3OC)cs2)cc1. The van der Waals surface area contributed by atoms with E-state index >= 15 is 0 Å². The lowest BCUT2D eigenvalue weighted by Crippen LogP contribution is -2.01. The van der Waals surface area contributed by atoms with Crippen LogP contribution in [0.2, 0.25) is 0 Å². The van der Waals surface area contributed by atoms with E-state index in [-0.39, 0.29) is 0 Å². The Morgan fingerprint density at radius 2 is 1.93 bits per heavy atom. The predicted molar refractivity (Wildman–Crippen MR) is 114 cm³/mol. The number of rotatable bonds is 8. The van der Waals surface area contributed by atoms with Crippen molar-refractivity contribution in [1.82, 2.24) is 25.2 Å². The number of thiazole rings is 1. The third-order valence-electron chi connectivity index (χ3n) is 4.07. The van der Waals surface area contributed by atoms with Crippen molar-refractivity contribution in [3.63, 3.8) is 0 Å². The number of ether oxygens (including phenoxy) is 2. The van der Waals surface area contributed by atoms with Crippen LogP contribution >= 0.6 is 23.1 Å². The van der Waals surface area contributed by atoms with Crippen molar-refractivity contribution < 1.29 is 9.47 Å². The second-order valence-corrected chi connectivity index (χ2v) is 7.74. The number of hydrogen-bond donors (Lipinski definition) is 0. The Morgan fingerprint density at radius 1 is 1.10 bits per heavy atom. The molecule has 0 amide bonds. The fourth-order valence-electron chi connectivity index (χ4n) is 2.73. The number of tetrazole rings is 1. The monoisotopic (exact) mass is 425 g/mol. The molecule has 9 heteroatoms. The largest absolute Gasteiger partial charge is 0.494 e. The minimum absolute atomic E-state index is 0.659. The normalized spacial score (nSPS) is 10.8. The number of aromatic nitrogens is 5. The molecule has 4 aromatic rings. The first-order valence-corrected chi connectivity index (χ1v) is 10.9. The van der Waals surface area contributed by atoms with Crippen LogP contribution in [0.15, 0.2) is 59.1 Å². The van der Waals surface area contributed by atoms with Crippen LogP contribution in [0.1, 0.15) is 12.6 Å². The van der Waals surface area contributed by atoms with Gasteiger partial charge < -0.3 is 9.47 Å². The van der Waals surface area contributed by atoms with Gasteiger partial charge in [-0.1, -0.05) is 23.9 Å². The van der Waals surface area contributed by atoms with Crippen LogP contribution in [0, 0.1) is 0 Å². The molecule has 2 aromatic heterocycles. The predicted octanol–water partition coefficient (Wildman–Crippen LogP) is 4.49. The van der Waals surface area contributed by atoms with Gasteiger partial charge in [0.25, 0.3) is 0 Å². The lowest BCUT2D eigenvalue weighted by atomic mass is 10.2. The average Bonchev–Trinajstić information content (AvgIpc) is 3.42. The molecular formula is C20H19N5O2S2. The molecule has 0 aliphatic rings. The standard InChI is InChI=1S/C20H19N5O2S2/c1-3-27-16-10-8-14(9-11-16)19-21-15(12-28-19)13-29-20-22-23-24-25(20)17-6-4-5-7-18(17)26-2/h4-12H,3,13H2,1-2H3. The van der Waals surface area contributed by atoms with E-state index < -0.39 is 0 Å². The van der Waals surface area contributed by atoms with Crippen LogP contribution in [-0.4, -0.2) is 38.9 Å². The zero-order valence-corrected chi connectivity index (χ0v) is 17.6. The molecule has 0 aliphatic heterocycles. The van der Waals surface area contributed by atoms with Gasteiger partial charge >= 0.3 is 0 Å². The quantitative estimate of drug-likeness (QED) is 0.385. The topological polar surface area (TPSA) is 75.0 Å². The van der Waals surface area contributed by atoms with Gasteiger partial charge in [0.15, 0.2) is 0 Å². The molecule has 0 spiro atoms. The van der Waals surface area contributed by atoms with E-state index in [4.69, 9.17) is 14.5 Å². The third-order valence-corrected chi connectivity index (χ3v) is 5.96. The van der Waals surface area contributed by atoms with E-state index in [0.29, 0.717) is 23.3 Å². The number of para-hydroxylation sites is 2. The summed E-state index contributed by atoms with van der Waals surface area (Å²) in [6.45, 7) is 2.63. The fraction of sp³-hybridized carbons (Fsp3) is 0.200. The lowest BCUT2D eigenvalue weighted by molar-refractivity contribution is 0.340. The molecule has 4 rings (SSSR count).